The molecule has 0 fully saturated rings. The number of halogens is 1. The minimum absolute atomic E-state index is 0.0196. The fourth-order valence-corrected chi connectivity index (χ4v) is 2.55. The number of hydrogen-bond donors (Lipinski definition) is 3. The highest BCUT2D eigenvalue weighted by molar-refractivity contribution is 6.30. The first-order chi connectivity index (χ1) is 10.9. The third-order valence-corrected chi connectivity index (χ3v) is 3.65. The topological polar surface area (TPSA) is 125 Å². The van der Waals surface area contributed by atoms with E-state index in [1.807, 2.05) is 0 Å². The second-order valence-corrected chi connectivity index (χ2v) is 5.31. The van der Waals surface area contributed by atoms with Crippen molar-refractivity contribution in [2.45, 2.75) is 13.0 Å². The van der Waals surface area contributed by atoms with Crippen molar-refractivity contribution >= 4 is 29.1 Å². The summed E-state index contributed by atoms with van der Waals surface area (Å²) < 4.78 is 0.853. The van der Waals surface area contributed by atoms with Crippen molar-refractivity contribution in [3.63, 3.8) is 0 Å². The van der Waals surface area contributed by atoms with Crippen molar-refractivity contribution in [1.29, 1.82) is 0 Å². The van der Waals surface area contributed by atoms with Gasteiger partial charge in [-0.2, -0.15) is 0 Å². The summed E-state index contributed by atoms with van der Waals surface area (Å²) >= 11 is 5.91. The van der Waals surface area contributed by atoms with Crippen molar-refractivity contribution in [3.05, 3.63) is 50.0 Å². The molecule has 1 aromatic heterocycles. The van der Waals surface area contributed by atoms with Crippen LogP contribution in [0.4, 0.5) is 0 Å². The summed E-state index contributed by atoms with van der Waals surface area (Å²) in [6.07, 6.45) is -0.346. The highest BCUT2D eigenvalue weighted by Gasteiger charge is 2.25. The molecule has 0 bridgehead atoms. The number of hydrogen-bond acceptors (Lipinski definition) is 4. The number of nitrogens with one attached hydrogen (secondary N) is 1. The van der Waals surface area contributed by atoms with Gasteiger partial charge in [-0.3, -0.25) is 14.2 Å². The quantitative estimate of drug-likeness (QED) is 0.686. The number of benzene rings is 1. The molecule has 1 aliphatic rings. The molecule has 0 unspecified atom stereocenters. The smallest absolute Gasteiger partial charge is 0.328 e. The molecule has 0 spiro atoms. The maximum Gasteiger partial charge on any atom is 0.328 e. The van der Waals surface area contributed by atoms with E-state index in [-0.39, 0.29) is 24.2 Å². The van der Waals surface area contributed by atoms with Gasteiger partial charge in [0, 0.05) is 16.8 Å². The molecule has 0 radical (unpaired) electrons. The molecule has 0 aliphatic carbocycles. The van der Waals surface area contributed by atoms with Crippen molar-refractivity contribution in [2.24, 2.45) is 4.99 Å². The van der Waals surface area contributed by atoms with Crippen molar-refractivity contribution in [2.75, 3.05) is 0 Å². The van der Waals surface area contributed by atoms with Crippen LogP contribution in [0.5, 0.6) is 5.88 Å². The minimum atomic E-state index is -1.12. The molecule has 118 valence electrons. The van der Waals surface area contributed by atoms with E-state index in [0.717, 1.165) is 4.57 Å². The number of aromatic nitrogens is 2. The Labute approximate surface area is 133 Å². The first-order valence-electron chi connectivity index (χ1n) is 6.55. The molecule has 2 heterocycles. The number of rotatable bonds is 4. The Kier molecular flexibility index (Phi) is 3.53. The molecule has 0 saturated heterocycles. The molecule has 9 heteroatoms. The predicted octanol–water partition coefficient (Wildman–Crippen LogP) is -0.631. The second-order valence-electron chi connectivity index (χ2n) is 4.88. The number of nitrogens with zero attached hydrogens (tertiary/aromatic N) is 2. The first kappa shape index (κ1) is 15.0. The summed E-state index contributed by atoms with van der Waals surface area (Å²) in [4.78, 5) is 40.8. The van der Waals surface area contributed by atoms with Crippen LogP contribution in [0, 0.1) is 0 Å². The number of imidazole rings is 1. The number of carbonyl (C=O) groups excluding carboxylic acids is 1. The van der Waals surface area contributed by atoms with E-state index in [1.54, 1.807) is 12.1 Å². The summed E-state index contributed by atoms with van der Waals surface area (Å²) in [5, 5.41) is 20.0. The Morgan fingerprint density at radius 3 is 2.78 bits per heavy atom. The zero-order valence-corrected chi connectivity index (χ0v) is 12.3. The summed E-state index contributed by atoms with van der Waals surface area (Å²) in [6.45, 7) is -0.225. The molecule has 23 heavy (non-hydrogen) atoms. The molecule has 1 amide bonds. The highest BCUT2D eigenvalue weighted by atomic mass is 35.5. The van der Waals surface area contributed by atoms with Crippen LogP contribution in [0.2, 0.25) is 5.02 Å². The maximum atomic E-state index is 12.1. The molecule has 2 aromatic rings. The van der Waals surface area contributed by atoms with Gasteiger partial charge in [0.1, 0.15) is 5.69 Å². The van der Waals surface area contributed by atoms with Gasteiger partial charge in [0.2, 0.25) is 5.88 Å². The lowest BCUT2D eigenvalue weighted by molar-refractivity contribution is -0.137. The Morgan fingerprint density at radius 1 is 1.35 bits per heavy atom. The van der Waals surface area contributed by atoms with E-state index in [2.05, 4.69) is 9.98 Å². The van der Waals surface area contributed by atoms with Gasteiger partial charge in [0.25, 0.3) is 5.91 Å². The van der Waals surface area contributed by atoms with Crippen molar-refractivity contribution in [3.8, 4) is 5.88 Å². The molecule has 0 saturated carbocycles. The van der Waals surface area contributed by atoms with Crippen LogP contribution in [0.25, 0.3) is 5.57 Å². The molecule has 1 aromatic carbocycles. The Hall–Kier alpha value is -2.87. The van der Waals surface area contributed by atoms with Crippen molar-refractivity contribution < 1.29 is 19.8 Å². The molecular weight excluding hydrogens is 326 g/mol. The molecule has 8 nitrogen and oxygen atoms in total. The van der Waals surface area contributed by atoms with E-state index >= 15 is 0 Å². The average molecular weight is 336 g/mol. The molecule has 0 atom stereocenters. The van der Waals surface area contributed by atoms with E-state index < -0.39 is 23.4 Å². The van der Waals surface area contributed by atoms with E-state index in [1.165, 1.54) is 6.07 Å². The van der Waals surface area contributed by atoms with Crippen LogP contribution in [-0.4, -0.2) is 31.6 Å². The molecule has 1 aliphatic heterocycles. The largest absolute Gasteiger partial charge is 0.493 e. The van der Waals surface area contributed by atoms with Gasteiger partial charge in [0.15, 0.2) is 0 Å². The number of carboxylic acid groups (broad SMARTS) is 1. The SMILES string of the molecule is O=C(O)CCn1c(O)c(C2=c3cc(Cl)ccc3=NC2=O)[nH]c1=O. The molecule has 3 rings (SSSR count). The van der Waals surface area contributed by atoms with Gasteiger partial charge in [-0.15, -0.1) is 0 Å². The number of aromatic amines is 1. The van der Waals surface area contributed by atoms with Gasteiger partial charge < -0.3 is 15.2 Å². The van der Waals surface area contributed by atoms with Crippen LogP contribution in [0.3, 0.4) is 0 Å². The van der Waals surface area contributed by atoms with Gasteiger partial charge in [-0.25, -0.2) is 9.79 Å². The van der Waals surface area contributed by atoms with Crippen LogP contribution < -0.4 is 16.3 Å². The van der Waals surface area contributed by atoms with Crippen LogP contribution in [-0.2, 0) is 16.1 Å². The van der Waals surface area contributed by atoms with Crippen LogP contribution in [0.1, 0.15) is 12.1 Å². The number of carbonyl (C=O) groups is 2. The van der Waals surface area contributed by atoms with E-state index in [4.69, 9.17) is 16.7 Å². The monoisotopic (exact) mass is 335 g/mol. The number of amides is 1. The first-order valence-corrected chi connectivity index (χ1v) is 6.93. The summed E-state index contributed by atoms with van der Waals surface area (Å²) in [5.74, 6) is -2.25. The number of H-pyrrole nitrogens is 1. The van der Waals surface area contributed by atoms with Gasteiger partial charge >= 0.3 is 11.7 Å². The highest BCUT2D eigenvalue weighted by Crippen LogP contribution is 2.22. The van der Waals surface area contributed by atoms with E-state index in [9.17, 15) is 19.5 Å². The average Bonchev–Trinajstić information content (AvgIpc) is 2.93. The fourth-order valence-electron chi connectivity index (χ4n) is 2.38. The molecular formula is C14H10ClN3O5. The summed E-state index contributed by atoms with van der Waals surface area (Å²) in [5.41, 5.74) is -0.796. The second kappa shape index (κ2) is 5.40. The standard InChI is InChI=1S/C14H10ClN3O5/c15-6-1-2-8-7(5-6)10(12(21)16-8)11-13(22)18(14(23)17-11)4-3-9(19)20/h1-2,5,22H,3-4H2,(H,17,23)(H,19,20). The lowest BCUT2D eigenvalue weighted by Gasteiger charge is -2.02. The van der Waals surface area contributed by atoms with Crippen LogP contribution in [0.15, 0.2) is 28.0 Å². The number of aromatic hydroxyl groups is 1. The molecule has 3 N–H and O–H groups in total. The minimum Gasteiger partial charge on any atom is -0.493 e. The lowest BCUT2D eigenvalue weighted by atomic mass is 10.1. The van der Waals surface area contributed by atoms with Gasteiger partial charge in [0.05, 0.1) is 17.4 Å². The third kappa shape index (κ3) is 2.53. The Morgan fingerprint density at radius 2 is 2.09 bits per heavy atom. The Balaban J connectivity index is 2.20. The zero-order valence-electron chi connectivity index (χ0n) is 11.5. The van der Waals surface area contributed by atoms with E-state index in [0.29, 0.717) is 15.6 Å². The number of aliphatic carboxylic acids is 1. The Bertz CT molecular complexity index is 1020. The van der Waals surface area contributed by atoms with Crippen LogP contribution >= 0.6 is 11.6 Å². The van der Waals surface area contributed by atoms with Crippen molar-refractivity contribution in [1.82, 2.24) is 9.55 Å². The summed E-state index contributed by atoms with van der Waals surface area (Å²) in [7, 11) is 0. The number of fused-ring (bicyclic) bond motifs is 1. The summed E-state index contributed by atoms with van der Waals surface area (Å²) in [6, 6.07) is 4.63. The lowest BCUT2D eigenvalue weighted by Crippen LogP contribution is -2.23. The number of carboxylic acids is 1. The normalized spacial score (nSPS) is 13.1. The van der Waals surface area contributed by atoms with Gasteiger partial charge in [-0.05, 0) is 18.2 Å². The predicted molar refractivity (Wildman–Crippen MR) is 78.7 cm³/mol. The van der Waals surface area contributed by atoms with Gasteiger partial charge in [-0.1, -0.05) is 11.6 Å². The zero-order chi connectivity index (χ0) is 16.7. The maximum absolute atomic E-state index is 12.1. The fraction of sp³-hybridized carbons (Fsp3) is 0.143. The third-order valence-electron chi connectivity index (χ3n) is 3.42.